The highest BCUT2D eigenvalue weighted by molar-refractivity contribution is 5.76. The highest BCUT2D eigenvalue weighted by Crippen LogP contribution is 2.30. The molecule has 0 amide bonds. The Labute approximate surface area is 171 Å². The third kappa shape index (κ3) is 14.2. The van der Waals surface area contributed by atoms with Crippen LogP contribution in [-0.4, -0.2) is 12.6 Å². The van der Waals surface area contributed by atoms with Gasteiger partial charge in [-0.05, 0) is 32.1 Å². The van der Waals surface area contributed by atoms with Gasteiger partial charge in [0.05, 0.1) is 12.0 Å². The molecule has 0 bridgehead atoms. The Balaban J connectivity index is 3.71. The second-order valence-electron chi connectivity index (χ2n) is 9.02. The average molecular weight is 383 g/mol. The highest BCUT2D eigenvalue weighted by Gasteiger charge is 2.32. The molecule has 0 rings (SSSR count). The van der Waals surface area contributed by atoms with Gasteiger partial charge < -0.3 is 4.74 Å². The average Bonchev–Trinajstić information content (AvgIpc) is 2.66. The Morgan fingerprint density at radius 3 is 1.85 bits per heavy atom. The van der Waals surface area contributed by atoms with E-state index in [4.69, 9.17) is 4.74 Å². The van der Waals surface area contributed by atoms with E-state index in [2.05, 4.69) is 34.6 Å². The zero-order valence-corrected chi connectivity index (χ0v) is 19.4. The number of unbranched alkanes of at least 4 members (excludes halogenated alkanes) is 10. The standard InChI is InChI=1S/C25H50O2/c1-6-9-11-12-13-14-15-16-17-19-23(4)20-22-27-24(26)25(5,8-3)21-18-10-7-2/h23H,6-22H2,1-5H3. The quantitative estimate of drug-likeness (QED) is 0.165. The molecule has 2 atom stereocenters. The minimum absolute atomic E-state index is 0.0244. The lowest BCUT2D eigenvalue weighted by Gasteiger charge is -2.26. The molecule has 0 radical (unpaired) electrons. The predicted molar refractivity (Wildman–Crippen MR) is 119 cm³/mol. The van der Waals surface area contributed by atoms with Crippen LogP contribution >= 0.6 is 0 Å². The first kappa shape index (κ1) is 26.5. The molecular weight excluding hydrogens is 332 g/mol. The van der Waals surface area contributed by atoms with Crippen LogP contribution in [0.15, 0.2) is 0 Å². The number of carbonyl (C=O) groups is 1. The fraction of sp³-hybridized carbons (Fsp3) is 0.960. The van der Waals surface area contributed by atoms with Gasteiger partial charge in [0.15, 0.2) is 0 Å². The molecule has 0 heterocycles. The first-order valence-electron chi connectivity index (χ1n) is 12.2. The lowest BCUT2D eigenvalue weighted by molar-refractivity contribution is -0.156. The predicted octanol–water partition coefficient (Wildman–Crippen LogP) is 8.47. The Morgan fingerprint density at radius 2 is 1.30 bits per heavy atom. The molecule has 0 aromatic carbocycles. The summed E-state index contributed by atoms with van der Waals surface area (Å²) in [6, 6.07) is 0. The Bertz CT molecular complexity index is 339. The largest absolute Gasteiger partial charge is 0.465 e. The second-order valence-corrected chi connectivity index (χ2v) is 9.02. The molecule has 0 N–H and O–H groups in total. The van der Waals surface area contributed by atoms with Crippen molar-refractivity contribution in [3.05, 3.63) is 0 Å². The van der Waals surface area contributed by atoms with E-state index in [1.165, 1.54) is 77.0 Å². The van der Waals surface area contributed by atoms with E-state index in [9.17, 15) is 4.79 Å². The zero-order chi connectivity index (χ0) is 20.4. The lowest BCUT2D eigenvalue weighted by Crippen LogP contribution is -2.29. The molecule has 2 heteroatoms. The first-order valence-corrected chi connectivity index (χ1v) is 12.2. The van der Waals surface area contributed by atoms with E-state index in [0.717, 1.165) is 25.7 Å². The Morgan fingerprint density at radius 1 is 0.778 bits per heavy atom. The summed E-state index contributed by atoms with van der Waals surface area (Å²) in [5.74, 6) is 0.687. The van der Waals surface area contributed by atoms with Crippen LogP contribution in [0.1, 0.15) is 137 Å². The molecule has 0 saturated heterocycles. The van der Waals surface area contributed by atoms with Gasteiger partial charge in [-0.1, -0.05) is 111 Å². The number of esters is 1. The third-order valence-electron chi connectivity index (χ3n) is 6.25. The van der Waals surface area contributed by atoms with E-state index in [-0.39, 0.29) is 11.4 Å². The van der Waals surface area contributed by atoms with Gasteiger partial charge in [-0.25, -0.2) is 0 Å². The molecule has 0 aromatic rings. The van der Waals surface area contributed by atoms with Crippen molar-refractivity contribution in [3.63, 3.8) is 0 Å². The number of hydrogen-bond donors (Lipinski definition) is 0. The molecule has 2 nitrogen and oxygen atoms in total. The zero-order valence-electron chi connectivity index (χ0n) is 19.4. The van der Waals surface area contributed by atoms with Crippen LogP contribution < -0.4 is 0 Å². The molecule has 0 aliphatic carbocycles. The Kier molecular flexibility index (Phi) is 17.2. The fourth-order valence-electron chi connectivity index (χ4n) is 3.66. The van der Waals surface area contributed by atoms with Crippen molar-refractivity contribution in [2.24, 2.45) is 11.3 Å². The van der Waals surface area contributed by atoms with E-state index in [1.807, 2.05) is 0 Å². The summed E-state index contributed by atoms with van der Waals surface area (Å²) < 4.78 is 5.65. The summed E-state index contributed by atoms with van der Waals surface area (Å²) in [6.07, 6.45) is 20.1. The summed E-state index contributed by atoms with van der Waals surface area (Å²) in [7, 11) is 0. The molecule has 0 saturated carbocycles. The minimum atomic E-state index is -0.282. The van der Waals surface area contributed by atoms with Crippen LogP contribution in [0.4, 0.5) is 0 Å². The maximum atomic E-state index is 12.5. The molecular formula is C25H50O2. The SMILES string of the molecule is CCCCCCCCCCCC(C)CCOC(=O)C(C)(CC)CCCCC. The van der Waals surface area contributed by atoms with E-state index >= 15 is 0 Å². The van der Waals surface area contributed by atoms with Gasteiger partial charge in [-0.2, -0.15) is 0 Å². The van der Waals surface area contributed by atoms with Crippen molar-refractivity contribution >= 4 is 5.97 Å². The number of hydrogen-bond acceptors (Lipinski definition) is 2. The molecule has 162 valence electrons. The highest BCUT2D eigenvalue weighted by atomic mass is 16.5. The number of carbonyl (C=O) groups excluding carboxylic acids is 1. The van der Waals surface area contributed by atoms with E-state index < -0.39 is 0 Å². The molecule has 0 aliphatic heterocycles. The molecule has 27 heavy (non-hydrogen) atoms. The third-order valence-corrected chi connectivity index (χ3v) is 6.25. The van der Waals surface area contributed by atoms with E-state index in [1.54, 1.807) is 0 Å². The second kappa shape index (κ2) is 17.6. The van der Waals surface area contributed by atoms with Crippen molar-refractivity contribution in [2.75, 3.05) is 6.61 Å². The van der Waals surface area contributed by atoms with Crippen molar-refractivity contribution in [1.82, 2.24) is 0 Å². The molecule has 0 aliphatic rings. The van der Waals surface area contributed by atoms with Gasteiger partial charge in [0.2, 0.25) is 0 Å². The summed E-state index contributed by atoms with van der Waals surface area (Å²) in [4.78, 5) is 12.5. The fourth-order valence-corrected chi connectivity index (χ4v) is 3.66. The van der Waals surface area contributed by atoms with Gasteiger partial charge in [-0.15, -0.1) is 0 Å². The maximum absolute atomic E-state index is 12.5. The van der Waals surface area contributed by atoms with Crippen molar-refractivity contribution in [3.8, 4) is 0 Å². The molecule has 2 unspecified atom stereocenters. The monoisotopic (exact) mass is 382 g/mol. The normalized spacial score (nSPS) is 14.7. The van der Waals surface area contributed by atoms with Crippen LogP contribution in [-0.2, 0) is 9.53 Å². The van der Waals surface area contributed by atoms with Crippen LogP contribution in [0.5, 0.6) is 0 Å². The summed E-state index contributed by atoms with van der Waals surface area (Å²) >= 11 is 0. The van der Waals surface area contributed by atoms with Crippen LogP contribution in [0, 0.1) is 11.3 Å². The van der Waals surface area contributed by atoms with Gasteiger partial charge in [0, 0.05) is 0 Å². The molecule has 0 aromatic heterocycles. The van der Waals surface area contributed by atoms with Gasteiger partial charge in [0.1, 0.15) is 0 Å². The van der Waals surface area contributed by atoms with E-state index in [0.29, 0.717) is 12.5 Å². The molecule has 0 spiro atoms. The van der Waals surface area contributed by atoms with Gasteiger partial charge in [-0.3, -0.25) is 4.79 Å². The maximum Gasteiger partial charge on any atom is 0.311 e. The first-order chi connectivity index (χ1) is 13.0. The molecule has 0 fully saturated rings. The van der Waals surface area contributed by atoms with Crippen LogP contribution in [0.25, 0.3) is 0 Å². The Hall–Kier alpha value is -0.530. The number of ether oxygens (including phenoxy) is 1. The summed E-state index contributed by atoms with van der Waals surface area (Å²) in [6.45, 7) is 11.6. The lowest BCUT2D eigenvalue weighted by atomic mass is 9.82. The topological polar surface area (TPSA) is 26.3 Å². The minimum Gasteiger partial charge on any atom is -0.465 e. The number of rotatable bonds is 19. The van der Waals surface area contributed by atoms with Crippen molar-refractivity contribution in [2.45, 2.75) is 137 Å². The summed E-state index contributed by atoms with van der Waals surface area (Å²) in [5.41, 5.74) is -0.282. The van der Waals surface area contributed by atoms with Crippen LogP contribution in [0.2, 0.25) is 0 Å². The summed E-state index contributed by atoms with van der Waals surface area (Å²) in [5, 5.41) is 0. The van der Waals surface area contributed by atoms with Gasteiger partial charge >= 0.3 is 5.97 Å². The van der Waals surface area contributed by atoms with Crippen molar-refractivity contribution < 1.29 is 9.53 Å². The van der Waals surface area contributed by atoms with Gasteiger partial charge in [0.25, 0.3) is 0 Å². The smallest absolute Gasteiger partial charge is 0.311 e. The van der Waals surface area contributed by atoms with Crippen molar-refractivity contribution in [1.29, 1.82) is 0 Å². The van der Waals surface area contributed by atoms with Crippen LogP contribution in [0.3, 0.4) is 0 Å².